The number of nitrogens with zero attached hydrogens (tertiary/aromatic N) is 1. The van der Waals surface area contributed by atoms with Gasteiger partial charge in [0.25, 0.3) is 11.8 Å². The smallest absolute Gasteiger partial charge is 0.408 e. The van der Waals surface area contributed by atoms with Crippen LogP contribution in [0.1, 0.15) is 55.3 Å². The molecule has 0 saturated heterocycles. The van der Waals surface area contributed by atoms with Crippen LogP contribution >= 0.6 is 0 Å². The predicted molar refractivity (Wildman–Crippen MR) is 91.0 cm³/mol. The van der Waals surface area contributed by atoms with Gasteiger partial charge in [0, 0.05) is 0 Å². The molecule has 0 unspecified atom stereocenters. The number of imide groups is 1. The minimum absolute atomic E-state index is 0.159. The second-order valence-electron chi connectivity index (χ2n) is 7.23. The van der Waals surface area contributed by atoms with E-state index < -0.39 is 35.5 Å². The van der Waals surface area contributed by atoms with Crippen molar-refractivity contribution in [2.75, 3.05) is 0 Å². The largest absolute Gasteiger partial charge is 0.444 e. The Morgan fingerprint density at radius 3 is 1.96 bits per heavy atom. The lowest BCUT2D eigenvalue weighted by molar-refractivity contribution is -0.172. The van der Waals surface area contributed by atoms with Crippen molar-refractivity contribution in [1.82, 2.24) is 10.4 Å². The van der Waals surface area contributed by atoms with Crippen molar-refractivity contribution < 1.29 is 28.8 Å². The molecule has 8 nitrogen and oxygen atoms in total. The third-order valence-electron chi connectivity index (χ3n) is 3.53. The normalized spacial score (nSPS) is 14.9. The second kappa shape index (κ2) is 7.15. The van der Waals surface area contributed by atoms with E-state index in [2.05, 4.69) is 5.32 Å². The van der Waals surface area contributed by atoms with E-state index in [0.717, 1.165) is 0 Å². The Bertz CT molecular complexity index is 715. The Morgan fingerprint density at radius 2 is 1.54 bits per heavy atom. The van der Waals surface area contributed by atoms with E-state index in [1.165, 1.54) is 12.1 Å². The Morgan fingerprint density at radius 1 is 1.04 bits per heavy atom. The van der Waals surface area contributed by atoms with Gasteiger partial charge in [0.2, 0.25) is 0 Å². The van der Waals surface area contributed by atoms with E-state index in [4.69, 9.17) is 9.57 Å². The summed E-state index contributed by atoms with van der Waals surface area (Å²) in [4.78, 5) is 53.9. The molecule has 1 aliphatic heterocycles. The zero-order chi connectivity index (χ0) is 19.6. The van der Waals surface area contributed by atoms with Gasteiger partial charge in [0.05, 0.1) is 11.1 Å². The molecule has 140 valence electrons. The quantitative estimate of drug-likeness (QED) is 0.825. The van der Waals surface area contributed by atoms with Gasteiger partial charge >= 0.3 is 12.1 Å². The summed E-state index contributed by atoms with van der Waals surface area (Å²) < 4.78 is 5.13. The van der Waals surface area contributed by atoms with E-state index in [1.807, 2.05) is 0 Å². The number of carbonyl (C=O) groups excluding carboxylic acids is 4. The van der Waals surface area contributed by atoms with Gasteiger partial charge in [-0.1, -0.05) is 31.0 Å². The van der Waals surface area contributed by atoms with Crippen LogP contribution < -0.4 is 5.32 Å². The molecular weight excluding hydrogens is 340 g/mol. The lowest BCUT2D eigenvalue weighted by Gasteiger charge is -2.25. The number of hydrogen-bond acceptors (Lipinski definition) is 6. The number of fused-ring (bicyclic) bond motifs is 1. The topological polar surface area (TPSA) is 102 Å². The van der Waals surface area contributed by atoms with Crippen molar-refractivity contribution in [1.29, 1.82) is 0 Å². The molecule has 1 heterocycles. The van der Waals surface area contributed by atoms with Gasteiger partial charge in [-0.15, -0.1) is 0 Å². The Labute approximate surface area is 151 Å². The van der Waals surface area contributed by atoms with Crippen LogP contribution in [0.25, 0.3) is 0 Å². The predicted octanol–water partition coefficient (Wildman–Crippen LogP) is 2.29. The van der Waals surface area contributed by atoms with Crippen molar-refractivity contribution in [3.05, 3.63) is 35.4 Å². The standard InChI is InChI=1S/C18H22N2O6/c1-10(2)13(19-17(24)25-18(3,4)5)16(23)26-20-14(21)11-8-6-7-9-12(11)15(20)22/h6-10,13H,1-5H3,(H,19,24)/t13-/m0/s1. The van der Waals surface area contributed by atoms with Crippen LogP contribution in [0.5, 0.6) is 0 Å². The van der Waals surface area contributed by atoms with E-state index in [-0.39, 0.29) is 17.0 Å². The molecule has 2 rings (SSSR count). The van der Waals surface area contributed by atoms with Crippen molar-refractivity contribution in [2.45, 2.75) is 46.3 Å². The number of benzene rings is 1. The molecule has 0 aliphatic carbocycles. The monoisotopic (exact) mass is 362 g/mol. The highest BCUT2D eigenvalue weighted by Gasteiger charge is 2.40. The SMILES string of the molecule is CC(C)[C@H](NC(=O)OC(C)(C)C)C(=O)ON1C(=O)c2ccccc2C1=O. The molecule has 1 aliphatic rings. The highest BCUT2D eigenvalue weighted by atomic mass is 16.7. The first-order valence-electron chi connectivity index (χ1n) is 8.20. The summed E-state index contributed by atoms with van der Waals surface area (Å²) >= 11 is 0. The van der Waals surface area contributed by atoms with E-state index in [0.29, 0.717) is 5.06 Å². The summed E-state index contributed by atoms with van der Waals surface area (Å²) in [7, 11) is 0. The molecule has 0 radical (unpaired) electrons. The molecule has 26 heavy (non-hydrogen) atoms. The highest BCUT2D eigenvalue weighted by Crippen LogP contribution is 2.23. The zero-order valence-corrected chi connectivity index (χ0v) is 15.4. The fourth-order valence-electron chi connectivity index (χ4n) is 2.33. The maximum absolute atomic E-state index is 12.4. The Kier molecular flexibility index (Phi) is 5.34. The number of hydroxylamine groups is 2. The molecule has 3 amide bonds. The van der Waals surface area contributed by atoms with Gasteiger partial charge in [-0.3, -0.25) is 9.59 Å². The lowest BCUT2D eigenvalue weighted by atomic mass is 10.1. The van der Waals surface area contributed by atoms with Crippen LogP contribution in [0.15, 0.2) is 24.3 Å². The molecule has 8 heteroatoms. The molecule has 0 bridgehead atoms. The molecule has 1 aromatic carbocycles. The van der Waals surface area contributed by atoms with E-state index in [9.17, 15) is 19.2 Å². The maximum atomic E-state index is 12.4. The highest BCUT2D eigenvalue weighted by molar-refractivity contribution is 6.20. The van der Waals surface area contributed by atoms with Crippen molar-refractivity contribution in [2.24, 2.45) is 5.92 Å². The van der Waals surface area contributed by atoms with Crippen LogP contribution in [0.3, 0.4) is 0 Å². The third kappa shape index (κ3) is 4.19. The number of alkyl carbamates (subject to hydrolysis) is 1. The minimum Gasteiger partial charge on any atom is -0.444 e. The fourth-order valence-corrected chi connectivity index (χ4v) is 2.33. The number of carbonyl (C=O) groups is 4. The molecule has 1 aromatic rings. The summed E-state index contributed by atoms with van der Waals surface area (Å²) in [5.74, 6) is -2.73. The first kappa shape index (κ1) is 19.4. The molecule has 0 fully saturated rings. The van der Waals surface area contributed by atoms with Gasteiger partial charge in [0.15, 0.2) is 0 Å². The number of amides is 3. The van der Waals surface area contributed by atoms with Gasteiger partial charge < -0.3 is 14.9 Å². The molecule has 1 atom stereocenters. The summed E-state index contributed by atoms with van der Waals surface area (Å²) in [6.45, 7) is 8.44. The van der Waals surface area contributed by atoms with Gasteiger partial charge in [-0.05, 0) is 38.8 Å². The molecule has 1 N–H and O–H groups in total. The van der Waals surface area contributed by atoms with Crippen molar-refractivity contribution in [3.8, 4) is 0 Å². The van der Waals surface area contributed by atoms with Crippen LogP contribution in [-0.2, 0) is 14.4 Å². The Hall–Kier alpha value is -2.90. The number of ether oxygens (including phenoxy) is 1. The number of nitrogens with one attached hydrogen (secondary N) is 1. The average Bonchev–Trinajstić information content (AvgIpc) is 2.76. The van der Waals surface area contributed by atoms with E-state index in [1.54, 1.807) is 46.8 Å². The molecule has 0 saturated carbocycles. The fraction of sp³-hybridized carbons (Fsp3) is 0.444. The lowest BCUT2D eigenvalue weighted by Crippen LogP contribution is -2.49. The first-order chi connectivity index (χ1) is 12.0. The van der Waals surface area contributed by atoms with Crippen LogP contribution in [-0.4, -0.2) is 40.6 Å². The van der Waals surface area contributed by atoms with E-state index >= 15 is 0 Å². The summed E-state index contributed by atoms with van der Waals surface area (Å²) in [5.41, 5.74) is -0.420. The van der Waals surface area contributed by atoms with Crippen LogP contribution in [0, 0.1) is 5.92 Å². The van der Waals surface area contributed by atoms with Gasteiger partial charge in [0.1, 0.15) is 11.6 Å². The Balaban J connectivity index is 2.10. The molecule has 0 aromatic heterocycles. The molecule has 0 spiro atoms. The number of rotatable bonds is 4. The first-order valence-corrected chi connectivity index (χ1v) is 8.20. The van der Waals surface area contributed by atoms with Gasteiger partial charge in [-0.2, -0.15) is 0 Å². The molecular formula is C18H22N2O6. The zero-order valence-electron chi connectivity index (χ0n) is 15.4. The second-order valence-corrected chi connectivity index (χ2v) is 7.23. The van der Waals surface area contributed by atoms with Crippen molar-refractivity contribution in [3.63, 3.8) is 0 Å². The minimum atomic E-state index is -1.09. The number of hydrogen-bond donors (Lipinski definition) is 1. The maximum Gasteiger partial charge on any atom is 0.408 e. The average molecular weight is 362 g/mol. The summed E-state index contributed by atoms with van der Waals surface area (Å²) in [6, 6.07) is 5.08. The van der Waals surface area contributed by atoms with Crippen molar-refractivity contribution >= 4 is 23.9 Å². The van der Waals surface area contributed by atoms with Gasteiger partial charge in [-0.25, -0.2) is 9.59 Å². The summed E-state index contributed by atoms with van der Waals surface area (Å²) in [5, 5.41) is 2.83. The summed E-state index contributed by atoms with van der Waals surface area (Å²) in [6.07, 6.45) is -0.796. The third-order valence-corrected chi connectivity index (χ3v) is 3.53. The van der Waals surface area contributed by atoms with Crippen LogP contribution in [0.2, 0.25) is 0 Å². The van der Waals surface area contributed by atoms with Crippen LogP contribution in [0.4, 0.5) is 4.79 Å².